The van der Waals surface area contributed by atoms with Gasteiger partial charge < -0.3 is 30.6 Å². The van der Waals surface area contributed by atoms with Crippen LogP contribution in [-0.4, -0.2) is 36.4 Å². The molecule has 0 heterocycles. The molecule has 2 rings (SSSR count). The summed E-state index contributed by atoms with van der Waals surface area (Å²) in [6.45, 7) is 0. The summed E-state index contributed by atoms with van der Waals surface area (Å²) in [6, 6.07) is 1.71. The number of hydrogen-bond acceptors (Lipinski definition) is 7. The zero-order chi connectivity index (χ0) is 16.4. The zero-order valence-corrected chi connectivity index (χ0v) is 11.3. The van der Waals surface area contributed by atoms with E-state index in [4.69, 9.17) is 0 Å². The summed E-state index contributed by atoms with van der Waals surface area (Å²) >= 11 is 0. The summed E-state index contributed by atoms with van der Waals surface area (Å²) in [4.78, 5) is 12.0. The smallest absolute Gasteiger partial charge is 0.234 e. The van der Waals surface area contributed by atoms with Crippen molar-refractivity contribution in [3.8, 4) is 17.2 Å². The van der Waals surface area contributed by atoms with Crippen molar-refractivity contribution in [1.82, 2.24) is 0 Å². The summed E-state index contributed by atoms with van der Waals surface area (Å²) in [5.74, 6) is -4.69. The number of aliphatic hydroxyl groups is 3. The van der Waals surface area contributed by atoms with Crippen molar-refractivity contribution in [3.63, 3.8) is 0 Å². The number of aromatic hydroxyl groups is 3. The molecule has 0 bridgehead atoms. The van der Waals surface area contributed by atoms with Crippen molar-refractivity contribution in [2.75, 3.05) is 0 Å². The van der Waals surface area contributed by atoms with Gasteiger partial charge in [0.2, 0.25) is 5.78 Å². The largest absolute Gasteiger partial charge is 0.508 e. The molecule has 1 aliphatic carbocycles. The first-order valence-corrected chi connectivity index (χ1v) is 6.29. The molecule has 1 aromatic rings. The van der Waals surface area contributed by atoms with Gasteiger partial charge in [-0.3, -0.25) is 4.79 Å². The van der Waals surface area contributed by atoms with Crippen molar-refractivity contribution in [1.29, 1.82) is 0 Å². The predicted octanol–water partition coefficient (Wildman–Crippen LogP) is 2.33. The van der Waals surface area contributed by atoms with Crippen LogP contribution < -0.4 is 0 Å². The SMILES string of the molecule is O=C(C(O)=CC1C=CC(O)=C(O)C1)c1c(O)cc(O)cc1O. The van der Waals surface area contributed by atoms with E-state index >= 15 is 0 Å². The van der Waals surface area contributed by atoms with Crippen molar-refractivity contribution >= 4 is 5.78 Å². The minimum atomic E-state index is -1.04. The van der Waals surface area contributed by atoms with E-state index in [2.05, 4.69) is 0 Å². The average Bonchev–Trinajstić information content (AvgIpc) is 2.41. The van der Waals surface area contributed by atoms with Crippen molar-refractivity contribution in [2.45, 2.75) is 6.42 Å². The number of Topliss-reactive ketones (excluding diaryl/α,β-unsaturated/α-hetero) is 1. The van der Waals surface area contributed by atoms with Gasteiger partial charge in [0.15, 0.2) is 11.5 Å². The number of phenols is 3. The first-order chi connectivity index (χ1) is 10.3. The maximum absolute atomic E-state index is 12.0. The number of carbonyl (C=O) groups excluding carboxylic acids is 1. The second-order valence-corrected chi connectivity index (χ2v) is 4.80. The number of benzene rings is 1. The van der Waals surface area contributed by atoms with Crippen molar-refractivity contribution in [3.05, 3.63) is 53.2 Å². The lowest BCUT2D eigenvalue weighted by atomic mass is 9.96. The Morgan fingerprint density at radius 1 is 1.09 bits per heavy atom. The molecule has 7 nitrogen and oxygen atoms in total. The molecule has 1 aromatic carbocycles. The lowest BCUT2D eigenvalue weighted by Gasteiger charge is -2.14. The first-order valence-electron chi connectivity index (χ1n) is 6.29. The Morgan fingerprint density at radius 2 is 1.68 bits per heavy atom. The summed E-state index contributed by atoms with van der Waals surface area (Å²) in [5.41, 5.74) is -0.547. The van der Waals surface area contributed by atoms with Crippen LogP contribution in [0.25, 0.3) is 0 Å². The predicted molar refractivity (Wildman–Crippen MR) is 76.0 cm³/mol. The molecule has 0 spiro atoms. The highest BCUT2D eigenvalue weighted by atomic mass is 16.3. The van der Waals surface area contributed by atoms with E-state index in [9.17, 15) is 35.4 Å². The highest BCUT2D eigenvalue weighted by molar-refractivity contribution is 6.10. The Hall–Kier alpha value is -3.09. The van der Waals surface area contributed by atoms with E-state index in [0.717, 1.165) is 18.2 Å². The molecular formula is C15H14O7. The van der Waals surface area contributed by atoms with E-state index in [0.29, 0.717) is 0 Å². The number of hydrogen-bond donors (Lipinski definition) is 6. The number of rotatable bonds is 3. The Bertz CT molecular complexity index is 690. The zero-order valence-electron chi connectivity index (χ0n) is 11.3. The van der Waals surface area contributed by atoms with Gasteiger partial charge in [0.25, 0.3) is 0 Å². The molecule has 0 aromatic heterocycles. The Morgan fingerprint density at radius 3 is 2.23 bits per heavy atom. The Labute approximate surface area is 125 Å². The van der Waals surface area contributed by atoms with Crippen LogP contribution in [-0.2, 0) is 0 Å². The van der Waals surface area contributed by atoms with Crippen LogP contribution in [0, 0.1) is 5.92 Å². The summed E-state index contributed by atoms with van der Waals surface area (Å²) in [7, 11) is 0. The molecule has 0 saturated heterocycles. The summed E-state index contributed by atoms with van der Waals surface area (Å²) < 4.78 is 0. The van der Waals surface area contributed by atoms with E-state index in [-0.39, 0.29) is 17.9 Å². The van der Waals surface area contributed by atoms with Crippen LogP contribution in [0.1, 0.15) is 16.8 Å². The van der Waals surface area contributed by atoms with Crippen LogP contribution in [0.3, 0.4) is 0 Å². The van der Waals surface area contributed by atoms with E-state index in [1.165, 1.54) is 12.2 Å². The third kappa shape index (κ3) is 2.98. The van der Waals surface area contributed by atoms with Gasteiger partial charge in [0.1, 0.15) is 28.6 Å². The van der Waals surface area contributed by atoms with Crippen LogP contribution in [0.2, 0.25) is 0 Å². The Kier molecular flexibility index (Phi) is 3.98. The monoisotopic (exact) mass is 306 g/mol. The van der Waals surface area contributed by atoms with E-state index in [1.54, 1.807) is 0 Å². The molecule has 0 fully saturated rings. The maximum Gasteiger partial charge on any atom is 0.234 e. The fourth-order valence-electron chi connectivity index (χ4n) is 2.06. The van der Waals surface area contributed by atoms with Crippen LogP contribution in [0.15, 0.2) is 47.6 Å². The fraction of sp³-hybridized carbons (Fsp3) is 0.133. The highest BCUT2D eigenvalue weighted by Crippen LogP contribution is 2.33. The highest BCUT2D eigenvalue weighted by Gasteiger charge is 2.23. The van der Waals surface area contributed by atoms with Gasteiger partial charge in [-0.25, -0.2) is 0 Å². The first kappa shape index (κ1) is 15.3. The molecule has 6 N–H and O–H groups in total. The molecule has 7 heteroatoms. The fourth-order valence-corrected chi connectivity index (χ4v) is 2.06. The molecule has 0 radical (unpaired) electrons. The van der Waals surface area contributed by atoms with Crippen molar-refractivity contribution < 1.29 is 35.4 Å². The van der Waals surface area contributed by atoms with Gasteiger partial charge in [-0.2, -0.15) is 0 Å². The molecule has 0 amide bonds. The Balaban J connectivity index is 2.27. The molecule has 1 atom stereocenters. The second-order valence-electron chi connectivity index (χ2n) is 4.80. The van der Waals surface area contributed by atoms with Gasteiger partial charge in [0, 0.05) is 24.5 Å². The standard InChI is InChI=1S/C15H14O7/c16-8-5-11(19)14(12(20)6-8)15(22)13(21)4-7-1-2-9(17)10(18)3-7/h1-2,4-7,16-21H,3H2. The molecule has 0 aliphatic heterocycles. The third-order valence-corrected chi connectivity index (χ3v) is 3.14. The van der Waals surface area contributed by atoms with Crippen LogP contribution >= 0.6 is 0 Å². The molecule has 22 heavy (non-hydrogen) atoms. The molecule has 116 valence electrons. The van der Waals surface area contributed by atoms with Gasteiger partial charge in [-0.05, 0) is 12.2 Å². The van der Waals surface area contributed by atoms with E-state index < -0.39 is 40.3 Å². The lowest BCUT2D eigenvalue weighted by Crippen LogP contribution is -2.08. The van der Waals surface area contributed by atoms with Gasteiger partial charge in [0.05, 0.1) is 0 Å². The quantitative estimate of drug-likeness (QED) is 0.286. The minimum absolute atomic E-state index is 0.00673. The number of carbonyl (C=O) groups is 1. The summed E-state index contributed by atoms with van der Waals surface area (Å²) in [5, 5.41) is 56.8. The molecule has 0 saturated carbocycles. The third-order valence-electron chi connectivity index (χ3n) is 3.14. The van der Waals surface area contributed by atoms with Crippen LogP contribution in [0.5, 0.6) is 17.2 Å². The summed E-state index contributed by atoms with van der Waals surface area (Å²) in [6.07, 6.45) is 3.81. The molecular weight excluding hydrogens is 292 g/mol. The average molecular weight is 306 g/mol. The van der Waals surface area contributed by atoms with Gasteiger partial charge in [-0.15, -0.1) is 0 Å². The number of ketones is 1. The van der Waals surface area contributed by atoms with Crippen LogP contribution in [0.4, 0.5) is 0 Å². The van der Waals surface area contributed by atoms with Crippen molar-refractivity contribution in [2.24, 2.45) is 5.92 Å². The minimum Gasteiger partial charge on any atom is -0.508 e. The molecule has 1 unspecified atom stereocenters. The lowest BCUT2D eigenvalue weighted by molar-refractivity contribution is 0.0970. The second kappa shape index (κ2) is 5.72. The maximum atomic E-state index is 12.0. The molecule has 1 aliphatic rings. The van der Waals surface area contributed by atoms with Gasteiger partial charge in [-0.1, -0.05) is 6.08 Å². The topological polar surface area (TPSA) is 138 Å². The number of aliphatic hydroxyl groups excluding tert-OH is 3. The number of allylic oxidation sites excluding steroid dienone is 5. The van der Waals surface area contributed by atoms with Gasteiger partial charge >= 0.3 is 0 Å². The number of phenolic OH excluding ortho intramolecular Hbond substituents is 3. The normalized spacial score (nSPS) is 18.5. The van der Waals surface area contributed by atoms with E-state index in [1.807, 2.05) is 0 Å².